The molecule has 0 aromatic carbocycles. The molecular weight excluding hydrogens is 370 g/mol. The standard InChI is InChI=1S/C21H25N5O3/c1-13(2)17-11-16(18-14(3)25-29-21(18)24-17)20(27)23-12-15-5-4-6-22-19(15)26-7-9-28-10-8-26/h4-6,11,13H,7-10,12H2,1-3H3,(H,23,27). The summed E-state index contributed by atoms with van der Waals surface area (Å²) in [5.74, 6) is 0.880. The van der Waals surface area contributed by atoms with Crippen LogP contribution in [0.25, 0.3) is 11.1 Å². The number of fused-ring (bicyclic) bond motifs is 1. The molecule has 1 aliphatic rings. The number of nitrogens with one attached hydrogen (secondary N) is 1. The normalized spacial score (nSPS) is 14.6. The van der Waals surface area contributed by atoms with E-state index in [2.05, 4.69) is 25.3 Å². The van der Waals surface area contributed by atoms with Gasteiger partial charge in [-0.3, -0.25) is 4.79 Å². The number of carbonyl (C=O) groups is 1. The van der Waals surface area contributed by atoms with Gasteiger partial charge < -0.3 is 19.5 Å². The smallest absolute Gasteiger partial charge is 0.259 e. The van der Waals surface area contributed by atoms with Crippen molar-refractivity contribution >= 4 is 22.8 Å². The van der Waals surface area contributed by atoms with Crippen molar-refractivity contribution < 1.29 is 14.1 Å². The summed E-state index contributed by atoms with van der Waals surface area (Å²) in [7, 11) is 0. The monoisotopic (exact) mass is 395 g/mol. The van der Waals surface area contributed by atoms with Gasteiger partial charge in [-0.25, -0.2) is 9.97 Å². The first-order valence-corrected chi connectivity index (χ1v) is 9.86. The van der Waals surface area contributed by atoms with E-state index in [1.54, 1.807) is 6.20 Å². The molecule has 152 valence electrons. The summed E-state index contributed by atoms with van der Waals surface area (Å²) >= 11 is 0. The molecule has 0 spiro atoms. The number of anilines is 1. The Labute approximate surface area is 169 Å². The van der Waals surface area contributed by atoms with Crippen LogP contribution in [0.15, 0.2) is 28.9 Å². The van der Waals surface area contributed by atoms with E-state index in [1.807, 2.05) is 39.0 Å². The molecular formula is C21H25N5O3. The fourth-order valence-corrected chi connectivity index (χ4v) is 3.49. The number of aryl methyl sites for hydroxylation is 1. The summed E-state index contributed by atoms with van der Waals surface area (Å²) in [5, 5.41) is 7.68. The molecule has 0 unspecified atom stereocenters. The van der Waals surface area contributed by atoms with Crippen LogP contribution in [0.5, 0.6) is 0 Å². The van der Waals surface area contributed by atoms with Gasteiger partial charge in [0, 0.05) is 37.1 Å². The van der Waals surface area contributed by atoms with Crippen LogP contribution in [-0.4, -0.2) is 47.3 Å². The number of aromatic nitrogens is 3. The number of hydrogen-bond acceptors (Lipinski definition) is 7. The van der Waals surface area contributed by atoms with Gasteiger partial charge in [-0.2, -0.15) is 0 Å². The van der Waals surface area contributed by atoms with E-state index in [0.29, 0.717) is 42.1 Å². The second-order valence-corrected chi connectivity index (χ2v) is 7.47. The molecule has 0 bridgehead atoms. The molecule has 3 aromatic heterocycles. The summed E-state index contributed by atoms with van der Waals surface area (Å²) in [4.78, 5) is 24.3. The molecule has 1 aliphatic heterocycles. The third kappa shape index (κ3) is 3.93. The van der Waals surface area contributed by atoms with Gasteiger partial charge in [-0.15, -0.1) is 0 Å². The second kappa shape index (κ2) is 8.16. The van der Waals surface area contributed by atoms with Gasteiger partial charge in [0.15, 0.2) is 0 Å². The zero-order valence-corrected chi connectivity index (χ0v) is 16.9. The molecule has 1 amide bonds. The highest BCUT2D eigenvalue weighted by Crippen LogP contribution is 2.25. The molecule has 0 radical (unpaired) electrons. The highest BCUT2D eigenvalue weighted by molar-refractivity contribution is 6.06. The lowest BCUT2D eigenvalue weighted by atomic mass is 10.0. The number of amides is 1. The van der Waals surface area contributed by atoms with Crippen LogP contribution in [0.2, 0.25) is 0 Å². The lowest BCUT2D eigenvalue weighted by Gasteiger charge is -2.29. The van der Waals surface area contributed by atoms with E-state index in [-0.39, 0.29) is 11.8 Å². The molecule has 0 atom stereocenters. The number of pyridine rings is 2. The number of nitrogens with zero attached hydrogens (tertiary/aromatic N) is 4. The van der Waals surface area contributed by atoms with E-state index in [1.165, 1.54) is 0 Å². The Morgan fingerprint density at radius 1 is 1.31 bits per heavy atom. The van der Waals surface area contributed by atoms with Crippen molar-refractivity contribution in [1.29, 1.82) is 0 Å². The number of hydrogen-bond donors (Lipinski definition) is 1. The molecule has 8 heteroatoms. The van der Waals surface area contributed by atoms with Gasteiger partial charge in [0.1, 0.15) is 5.82 Å². The van der Waals surface area contributed by atoms with Crippen molar-refractivity contribution in [3.05, 3.63) is 46.9 Å². The zero-order valence-electron chi connectivity index (χ0n) is 16.9. The zero-order chi connectivity index (χ0) is 20.4. The number of rotatable bonds is 5. The summed E-state index contributed by atoms with van der Waals surface area (Å²) in [5.41, 5.74) is 3.36. The molecule has 3 aromatic rings. The third-order valence-corrected chi connectivity index (χ3v) is 5.09. The first-order valence-electron chi connectivity index (χ1n) is 9.86. The minimum atomic E-state index is -0.178. The van der Waals surface area contributed by atoms with Crippen molar-refractivity contribution in [1.82, 2.24) is 20.4 Å². The average Bonchev–Trinajstić information content (AvgIpc) is 3.13. The van der Waals surface area contributed by atoms with Crippen molar-refractivity contribution in [2.24, 2.45) is 0 Å². The van der Waals surface area contributed by atoms with Gasteiger partial charge in [0.05, 0.1) is 29.9 Å². The van der Waals surface area contributed by atoms with Gasteiger partial charge >= 0.3 is 0 Å². The number of ether oxygens (including phenoxy) is 1. The minimum absolute atomic E-state index is 0.169. The van der Waals surface area contributed by atoms with Crippen LogP contribution in [0, 0.1) is 6.92 Å². The topological polar surface area (TPSA) is 93.4 Å². The highest BCUT2D eigenvalue weighted by Gasteiger charge is 2.21. The fraction of sp³-hybridized carbons (Fsp3) is 0.429. The molecule has 1 fully saturated rings. The van der Waals surface area contributed by atoms with Gasteiger partial charge in [-0.1, -0.05) is 25.1 Å². The maximum Gasteiger partial charge on any atom is 0.259 e. The Hall–Kier alpha value is -3.00. The number of carbonyl (C=O) groups excluding carboxylic acids is 1. The average molecular weight is 395 g/mol. The Balaban J connectivity index is 1.59. The SMILES string of the molecule is Cc1noc2nc(C(C)C)cc(C(=O)NCc3cccnc3N3CCOCC3)c12. The molecule has 0 saturated carbocycles. The van der Waals surface area contributed by atoms with E-state index >= 15 is 0 Å². The lowest BCUT2D eigenvalue weighted by molar-refractivity contribution is 0.0952. The molecule has 0 aliphatic carbocycles. The quantitative estimate of drug-likeness (QED) is 0.710. The van der Waals surface area contributed by atoms with Crippen LogP contribution in [0.4, 0.5) is 5.82 Å². The molecule has 4 rings (SSSR count). The molecule has 4 heterocycles. The minimum Gasteiger partial charge on any atom is -0.378 e. The Kier molecular flexibility index (Phi) is 5.44. The van der Waals surface area contributed by atoms with Gasteiger partial charge in [0.2, 0.25) is 0 Å². The predicted molar refractivity (Wildman–Crippen MR) is 109 cm³/mol. The van der Waals surface area contributed by atoms with Gasteiger partial charge in [0.25, 0.3) is 11.6 Å². The van der Waals surface area contributed by atoms with Crippen molar-refractivity contribution in [2.45, 2.75) is 33.2 Å². The Bertz CT molecular complexity index is 1020. The second-order valence-electron chi connectivity index (χ2n) is 7.47. The van der Waals surface area contributed by atoms with Crippen molar-refractivity contribution in [3.8, 4) is 0 Å². The molecule has 29 heavy (non-hydrogen) atoms. The van der Waals surface area contributed by atoms with E-state index in [9.17, 15) is 4.79 Å². The van der Waals surface area contributed by atoms with E-state index in [4.69, 9.17) is 9.26 Å². The van der Waals surface area contributed by atoms with E-state index < -0.39 is 0 Å². The molecule has 8 nitrogen and oxygen atoms in total. The maximum absolute atomic E-state index is 13.1. The highest BCUT2D eigenvalue weighted by atomic mass is 16.5. The van der Waals surface area contributed by atoms with Crippen molar-refractivity contribution in [3.63, 3.8) is 0 Å². The molecule has 1 N–H and O–H groups in total. The van der Waals surface area contributed by atoms with Crippen LogP contribution in [-0.2, 0) is 11.3 Å². The van der Waals surface area contributed by atoms with Crippen LogP contribution >= 0.6 is 0 Å². The summed E-state index contributed by atoms with van der Waals surface area (Å²) in [6.07, 6.45) is 1.78. The van der Waals surface area contributed by atoms with Crippen LogP contribution in [0.3, 0.4) is 0 Å². The third-order valence-electron chi connectivity index (χ3n) is 5.09. The number of morpholine rings is 1. The maximum atomic E-state index is 13.1. The van der Waals surface area contributed by atoms with Crippen LogP contribution < -0.4 is 10.2 Å². The summed E-state index contributed by atoms with van der Waals surface area (Å²) in [6.45, 7) is 9.21. The predicted octanol–water partition coefficient (Wildman–Crippen LogP) is 2.82. The Morgan fingerprint density at radius 3 is 2.86 bits per heavy atom. The van der Waals surface area contributed by atoms with Gasteiger partial charge in [-0.05, 0) is 25.0 Å². The first kappa shape index (κ1) is 19.3. The van der Waals surface area contributed by atoms with Crippen LogP contribution in [0.1, 0.15) is 47.1 Å². The lowest BCUT2D eigenvalue weighted by Crippen LogP contribution is -2.37. The Morgan fingerprint density at radius 2 is 2.10 bits per heavy atom. The van der Waals surface area contributed by atoms with Crippen molar-refractivity contribution in [2.75, 3.05) is 31.2 Å². The summed E-state index contributed by atoms with van der Waals surface area (Å²) in [6, 6.07) is 5.71. The summed E-state index contributed by atoms with van der Waals surface area (Å²) < 4.78 is 10.8. The molecule has 1 saturated heterocycles. The fourth-order valence-electron chi connectivity index (χ4n) is 3.49. The largest absolute Gasteiger partial charge is 0.378 e. The van der Waals surface area contributed by atoms with E-state index in [0.717, 1.165) is 30.2 Å². The first-order chi connectivity index (χ1) is 14.0.